The fourth-order valence-corrected chi connectivity index (χ4v) is 3.68. The van der Waals surface area contributed by atoms with E-state index in [-0.39, 0.29) is 5.91 Å². The van der Waals surface area contributed by atoms with E-state index in [1.807, 2.05) is 30.3 Å². The molecule has 0 saturated heterocycles. The predicted octanol–water partition coefficient (Wildman–Crippen LogP) is 5.22. The van der Waals surface area contributed by atoms with Gasteiger partial charge in [0.25, 0.3) is 5.91 Å². The lowest BCUT2D eigenvalue weighted by molar-refractivity contribution is 0.102. The van der Waals surface area contributed by atoms with Gasteiger partial charge >= 0.3 is 0 Å². The highest BCUT2D eigenvalue weighted by molar-refractivity contribution is 7.09. The summed E-state index contributed by atoms with van der Waals surface area (Å²) in [6, 6.07) is 13.8. The van der Waals surface area contributed by atoms with Crippen molar-refractivity contribution in [1.82, 2.24) is 0 Å². The summed E-state index contributed by atoms with van der Waals surface area (Å²) in [7, 11) is 0. The summed E-state index contributed by atoms with van der Waals surface area (Å²) in [5.41, 5.74) is 2.55. The van der Waals surface area contributed by atoms with Crippen LogP contribution in [0.1, 0.15) is 34.8 Å². The monoisotopic (exact) mass is 368 g/mol. The van der Waals surface area contributed by atoms with Crippen LogP contribution in [-0.4, -0.2) is 19.0 Å². The molecule has 0 aliphatic rings. The van der Waals surface area contributed by atoms with Crippen LogP contribution in [0.25, 0.3) is 0 Å². The van der Waals surface area contributed by atoms with Crippen LogP contribution in [0, 0.1) is 0 Å². The molecule has 2 heterocycles. The van der Waals surface area contributed by atoms with Gasteiger partial charge in [0.1, 0.15) is 5.76 Å². The first-order valence-corrected chi connectivity index (χ1v) is 9.84. The fraction of sp³-hybridized carbons (Fsp3) is 0.286. The molecule has 4 nitrogen and oxygen atoms in total. The van der Waals surface area contributed by atoms with Gasteiger partial charge in [0.2, 0.25) is 0 Å². The lowest BCUT2D eigenvalue weighted by Gasteiger charge is -2.21. The van der Waals surface area contributed by atoms with Crippen LogP contribution in [0.2, 0.25) is 0 Å². The average Bonchev–Trinajstić information content (AvgIpc) is 3.34. The van der Waals surface area contributed by atoms with E-state index < -0.39 is 0 Å². The summed E-state index contributed by atoms with van der Waals surface area (Å²) in [4.78, 5) is 16.2. The zero-order chi connectivity index (χ0) is 18.4. The van der Waals surface area contributed by atoms with Gasteiger partial charge in [-0.15, -0.1) is 11.3 Å². The van der Waals surface area contributed by atoms with Crippen LogP contribution in [0.4, 0.5) is 11.4 Å². The number of carbonyl (C=O) groups excluding carboxylic acids is 1. The van der Waals surface area contributed by atoms with Crippen molar-refractivity contribution >= 4 is 28.6 Å². The molecule has 0 unspecified atom stereocenters. The number of carbonyl (C=O) groups is 1. The second kappa shape index (κ2) is 8.72. The largest absolute Gasteiger partial charge is 0.468 e. The zero-order valence-corrected chi connectivity index (χ0v) is 16.0. The molecule has 1 N–H and O–H groups in total. The number of thiophene rings is 1. The number of nitrogens with one attached hydrogen (secondary N) is 1. The molecule has 136 valence electrons. The van der Waals surface area contributed by atoms with Gasteiger partial charge in [-0.3, -0.25) is 4.79 Å². The van der Waals surface area contributed by atoms with Crippen LogP contribution in [-0.2, 0) is 12.8 Å². The lowest BCUT2D eigenvalue weighted by Crippen LogP contribution is -2.21. The van der Waals surface area contributed by atoms with Gasteiger partial charge in [-0.2, -0.15) is 0 Å². The van der Waals surface area contributed by atoms with Crippen molar-refractivity contribution in [2.45, 2.75) is 26.7 Å². The summed E-state index contributed by atoms with van der Waals surface area (Å²) in [5.74, 6) is 0.603. The first-order chi connectivity index (χ1) is 12.7. The van der Waals surface area contributed by atoms with Crippen molar-refractivity contribution in [1.29, 1.82) is 0 Å². The number of furan rings is 1. The Balaban J connectivity index is 1.64. The molecule has 3 rings (SSSR count). The predicted molar refractivity (Wildman–Crippen MR) is 108 cm³/mol. The molecule has 5 heteroatoms. The summed E-state index contributed by atoms with van der Waals surface area (Å²) < 4.78 is 5.54. The number of rotatable bonds is 8. The van der Waals surface area contributed by atoms with E-state index in [4.69, 9.17) is 4.42 Å². The standard InChI is InChI=1S/C21H24N2O2S/c1-3-23(4-2)17-9-7-16(8-10-17)22-21(24)19-13-14-25-20(19)12-11-18-6-5-15-26-18/h5-10,13-15H,3-4,11-12H2,1-2H3,(H,22,24). The van der Waals surface area contributed by atoms with Gasteiger partial charge in [0.15, 0.2) is 0 Å². The van der Waals surface area contributed by atoms with E-state index in [2.05, 4.69) is 35.5 Å². The Hall–Kier alpha value is -2.53. The molecule has 26 heavy (non-hydrogen) atoms. The Kier molecular flexibility index (Phi) is 6.12. The minimum absolute atomic E-state index is 0.129. The second-order valence-electron chi connectivity index (χ2n) is 6.01. The number of hydrogen-bond acceptors (Lipinski definition) is 4. The Morgan fingerprint density at radius 2 is 1.85 bits per heavy atom. The average molecular weight is 369 g/mol. The summed E-state index contributed by atoms with van der Waals surface area (Å²) in [5, 5.41) is 5.03. The minimum Gasteiger partial charge on any atom is -0.468 e. The van der Waals surface area contributed by atoms with E-state index in [1.165, 1.54) is 4.88 Å². The molecular formula is C21H24N2O2S. The van der Waals surface area contributed by atoms with Crippen molar-refractivity contribution < 1.29 is 9.21 Å². The van der Waals surface area contributed by atoms with Gasteiger partial charge in [0.05, 0.1) is 11.8 Å². The summed E-state index contributed by atoms with van der Waals surface area (Å²) in [6.07, 6.45) is 3.18. The van der Waals surface area contributed by atoms with Gasteiger partial charge in [-0.1, -0.05) is 6.07 Å². The number of nitrogens with zero attached hydrogens (tertiary/aromatic N) is 1. The maximum atomic E-state index is 12.6. The molecule has 1 amide bonds. The molecule has 0 radical (unpaired) electrons. The van der Waals surface area contributed by atoms with Crippen molar-refractivity contribution in [2.75, 3.05) is 23.3 Å². The molecule has 0 aliphatic carbocycles. The molecule has 0 aliphatic heterocycles. The maximum absolute atomic E-state index is 12.6. The van der Waals surface area contributed by atoms with Crippen molar-refractivity contribution in [3.8, 4) is 0 Å². The van der Waals surface area contributed by atoms with E-state index in [1.54, 1.807) is 23.7 Å². The SMILES string of the molecule is CCN(CC)c1ccc(NC(=O)c2ccoc2CCc2cccs2)cc1. The first-order valence-electron chi connectivity index (χ1n) is 8.96. The third-order valence-corrected chi connectivity index (χ3v) is 5.36. The Morgan fingerprint density at radius 1 is 1.08 bits per heavy atom. The topological polar surface area (TPSA) is 45.5 Å². The third-order valence-electron chi connectivity index (χ3n) is 4.42. The number of aryl methyl sites for hydroxylation is 2. The van der Waals surface area contributed by atoms with Crippen LogP contribution in [0.5, 0.6) is 0 Å². The highest BCUT2D eigenvalue weighted by Crippen LogP contribution is 2.20. The Morgan fingerprint density at radius 3 is 2.50 bits per heavy atom. The van der Waals surface area contributed by atoms with Gasteiger partial charge in [-0.25, -0.2) is 0 Å². The molecule has 0 saturated carbocycles. The molecule has 3 aromatic rings. The van der Waals surface area contributed by atoms with Gasteiger partial charge in [-0.05, 0) is 62.0 Å². The molecule has 0 atom stereocenters. The quantitative estimate of drug-likeness (QED) is 0.592. The number of hydrogen-bond donors (Lipinski definition) is 1. The number of amides is 1. The first kappa shape index (κ1) is 18.3. The highest BCUT2D eigenvalue weighted by atomic mass is 32.1. The third kappa shape index (κ3) is 4.35. The van der Waals surface area contributed by atoms with Gasteiger partial charge < -0.3 is 14.6 Å². The summed E-state index contributed by atoms with van der Waals surface area (Å²) >= 11 is 1.72. The van der Waals surface area contributed by atoms with Crippen molar-refractivity contribution in [3.05, 3.63) is 70.3 Å². The number of benzene rings is 1. The highest BCUT2D eigenvalue weighted by Gasteiger charge is 2.15. The van der Waals surface area contributed by atoms with Crippen LogP contribution >= 0.6 is 11.3 Å². The van der Waals surface area contributed by atoms with E-state index in [0.717, 1.165) is 43.1 Å². The zero-order valence-electron chi connectivity index (χ0n) is 15.2. The molecule has 0 spiro atoms. The maximum Gasteiger partial charge on any atom is 0.259 e. The van der Waals surface area contributed by atoms with E-state index >= 15 is 0 Å². The molecule has 0 fully saturated rings. The van der Waals surface area contributed by atoms with E-state index in [9.17, 15) is 4.79 Å². The lowest BCUT2D eigenvalue weighted by atomic mass is 10.1. The van der Waals surface area contributed by atoms with Gasteiger partial charge in [0, 0.05) is 35.8 Å². The fourth-order valence-electron chi connectivity index (χ4n) is 2.97. The minimum atomic E-state index is -0.129. The Bertz CT molecular complexity index is 818. The molecule has 1 aromatic carbocycles. The molecule has 2 aromatic heterocycles. The smallest absolute Gasteiger partial charge is 0.259 e. The molecule has 0 bridgehead atoms. The van der Waals surface area contributed by atoms with Crippen LogP contribution in [0.3, 0.4) is 0 Å². The molecular weight excluding hydrogens is 344 g/mol. The summed E-state index contributed by atoms with van der Waals surface area (Å²) in [6.45, 7) is 6.20. The second-order valence-corrected chi connectivity index (χ2v) is 7.04. The normalized spacial score (nSPS) is 10.7. The number of anilines is 2. The van der Waals surface area contributed by atoms with Crippen molar-refractivity contribution in [3.63, 3.8) is 0 Å². The van der Waals surface area contributed by atoms with Crippen molar-refractivity contribution in [2.24, 2.45) is 0 Å². The van der Waals surface area contributed by atoms with Crippen LogP contribution in [0.15, 0.2) is 58.5 Å². The Labute approximate surface area is 158 Å². The van der Waals surface area contributed by atoms with E-state index in [0.29, 0.717) is 5.56 Å². The van der Waals surface area contributed by atoms with Crippen LogP contribution < -0.4 is 10.2 Å².